The molecule has 0 aliphatic rings. The van der Waals surface area contributed by atoms with Crippen LogP contribution in [0.2, 0.25) is 5.02 Å². The smallest absolute Gasteiger partial charge is 0.307 e. The van der Waals surface area contributed by atoms with Crippen LogP contribution in [0, 0.1) is 0 Å². The summed E-state index contributed by atoms with van der Waals surface area (Å²) in [5.41, 5.74) is 2.54. The van der Waals surface area contributed by atoms with Gasteiger partial charge in [0, 0.05) is 21.3 Å². The van der Waals surface area contributed by atoms with Gasteiger partial charge in [-0.05, 0) is 29.1 Å². The van der Waals surface area contributed by atoms with E-state index in [0.717, 1.165) is 16.1 Å². The van der Waals surface area contributed by atoms with Crippen molar-refractivity contribution in [1.29, 1.82) is 0 Å². The molecule has 0 bridgehead atoms. The molecular weight excluding hydrogens is 404 g/mol. The largest absolute Gasteiger partial charge is 0.469 e. The number of amides is 1. The number of thiophene rings is 1. The number of hydrogen-bond donors (Lipinski definition) is 1. The van der Waals surface area contributed by atoms with E-state index in [0.29, 0.717) is 10.7 Å². The second-order valence-electron chi connectivity index (χ2n) is 5.78. The number of benzene rings is 1. The van der Waals surface area contributed by atoms with Gasteiger partial charge in [0.15, 0.2) is 0 Å². The molecule has 5 nitrogen and oxygen atoms in total. The van der Waals surface area contributed by atoms with Gasteiger partial charge >= 0.3 is 5.97 Å². The summed E-state index contributed by atoms with van der Waals surface area (Å²) in [6.07, 6.45) is 0.187. The lowest BCUT2D eigenvalue weighted by Crippen LogP contribution is -2.31. The molecular formula is C19H17ClN2O3S2. The van der Waals surface area contributed by atoms with Crippen molar-refractivity contribution in [2.75, 3.05) is 7.11 Å². The maximum Gasteiger partial charge on any atom is 0.307 e. The lowest BCUT2D eigenvalue weighted by Gasteiger charge is -2.18. The Morgan fingerprint density at radius 1 is 1.22 bits per heavy atom. The Morgan fingerprint density at radius 3 is 2.67 bits per heavy atom. The molecule has 1 aromatic carbocycles. The summed E-state index contributed by atoms with van der Waals surface area (Å²) in [6.45, 7) is 0. The highest BCUT2D eigenvalue weighted by Gasteiger charge is 2.20. The van der Waals surface area contributed by atoms with Gasteiger partial charge in [-0.15, -0.1) is 11.3 Å². The molecule has 3 aromatic rings. The molecule has 2 aromatic heterocycles. The molecule has 1 unspecified atom stereocenters. The van der Waals surface area contributed by atoms with Crippen LogP contribution in [0.15, 0.2) is 46.5 Å². The Labute approximate surface area is 170 Å². The zero-order valence-electron chi connectivity index (χ0n) is 14.5. The standard InChI is InChI=1S/C19H17ClN2O3S2/c1-25-18(24)9-16(12-2-4-14(20)5-3-12)22-17(23)8-15-11-27-19(21-15)13-6-7-26-10-13/h2-7,10-11,16H,8-9H2,1H3,(H,22,23). The Bertz CT molecular complexity index is 907. The lowest BCUT2D eigenvalue weighted by molar-refractivity contribution is -0.141. The maximum absolute atomic E-state index is 12.5. The summed E-state index contributed by atoms with van der Waals surface area (Å²) in [4.78, 5) is 28.8. The Balaban J connectivity index is 1.68. The Kier molecular flexibility index (Phi) is 6.60. The number of rotatable bonds is 7. The average molecular weight is 421 g/mol. The number of nitrogens with one attached hydrogen (secondary N) is 1. The molecule has 2 heterocycles. The van der Waals surface area contributed by atoms with E-state index >= 15 is 0 Å². The minimum atomic E-state index is -0.489. The molecule has 1 N–H and O–H groups in total. The second-order valence-corrected chi connectivity index (χ2v) is 7.86. The van der Waals surface area contributed by atoms with Crippen molar-refractivity contribution >= 4 is 46.2 Å². The average Bonchev–Trinajstić information content (AvgIpc) is 3.33. The van der Waals surface area contributed by atoms with Crippen LogP contribution in [-0.4, -0.2) is 24.0 Å². The highest BCUT2D eigenvalue weighted by Crippen LogP contribution is 2.26. The first-order chi connectivity index (χ1) is 13.0. The topological polar surface area (TPSA) is 68.3 Å². The molecule has 1 atom stereocenters. The summed E-state index contributed by atoms with van der Waals surface area (Å²) in [5, 5.41) is 10.3. The van der Waals surface area contributed by atoms with E-state index in [1.807, 2.05) is 22.2 Å². The maximum atomic E-state index is 12.5. The van der Waals surface area contributed by atoms with E-state index in [1.54, 1.807) is 35.6 Å². The van der Waals surface area contributed by atoms with Crippen molar-refractivity contribution in [3.05, 3.63) is 62.8 Å². The molecule has 0 aliphatic heterocycles. The zero-order valence-corrected chi connectivity index (χ0v) is 16.9. The van der Waals surface area contributed by atoms with Crippen molar-refractivity contribution < 1.29 is 14.3 Å². The first-order valence-electron chi connectivity index (χ1n) is 8.14. The minimum absolute atomic E-state index is 0.0427. The van der Waals surface area contributed by atoms with Gasteiger partial charge in [-0.3, -0.25) is 9.59 Å². The highest BCUT2D eigenvalue weighted by molar-refractivity contribution is 7.14. The summed E-state index contributed by atoms with van der Waals surface area (Å²) >= 11 is 9.04. The summed E-state index contributed by atoms with van der Waals surface area (Å²) in [6, 6.07) is 8.53. The van der Waals surface area contributed by atoms with E-state index in [9.17, 15) is 9.59 Å². The van der Waals surface area contributed by atoms with Crippen LogP contribution in [0.5, 0.6) is 0 Å². The molecule has 0 aliphatic carbocycles. The molecule has 0 saturated heterocycles. The normalized spacial score (nSPS) is 11.8. The minimum Gasteiger partial charge on any atom is -0.469 e. The van der Waals surface area contributed by atoms with E-state index < -0.39 is 12.0 Å². The van der Waals surface area contributed by atoms with Crippen molar-refractivity contribution in [3.63, 3.8) is 0 Å². The van der Waals surface area contributed by atoms with Crippen LogP contribution in [0.25, 0.3) is 10.6 Å². The number of carbonyl (C=O) groups excluding carboxylic acids is 2. The quantitative estimate of drug-likeness (QED) is 0.572. The number of halogens is 1. The van der Waals surface area contributed by atoms with Crippen molar-refractivity contribution in [3.8, 4) is 10.6 Å². The molecule has 0 fully saturated rings. The van der Waals surface area contributed by atoms with Crippen LogP contribution in [-0.2, 0) is 20.7 Å². The molecule has 8 heteroatoms. The Morgan fingerprint density at radius 2 is 2.00 bits per heavy atom. The number of methoxy groups -OCH3 is 1. The lowest BCUT2D eigenvalue weighted by atomic mass is 10.0. The predicted octanol–water partition coefficient (Wildman–Crippen LogP) is 4.49. The molecule has 3 rings (SSSR count). The van der Waals surface area contributed by atoms with E-state index in [4.69, 9.17) is 16.3 Å². The molecule has 1 amide bonds. The van der Waals surface area contributed by atoms with Crippen molar-refractivity contribution in [2.24, 2.45) is 0 Å². The fourth-order valence-corrected chi connectivity index (χ4v) is 4.17. The molecule has 0 radical (unpaired) electrons. The number of thiazole rings is 1. The van der Waals surface area contributed by atoms with Gasteiger partial charge in [-0.2, -0.15) is 11.3 Å². The first-order valence-corrected chi connectivity index (χ1v) is 10.3. The van der Waals surface area contributed by atoms with Crippen LogP contribution >= 0.6 is 34.3 Å². The fraction of sp³-hybridized carbons (Fsp3) is 0.211. The molecule has 0 saturated carbocycles. The fourth-order valence-electron chi connectivity index (χ4n) is 2.51. The third-order valence-corrected chi connectivity index (χ3v) is 5.74. The highest BCUT2D eigenvalue weighted by atomic mass is 35.5. The third-order valence-electron chi connectivity index (χ3n) is 3.87. The summed E-state index contributed by atoms with van der Waals surface area (Å²) in [7, 11) is 1.32. The van der Waals surface area contributed by atoms with Crippen LogP contribution in [0.1, 0.15) is 23.7 Å². The van der Waals surface area contributed by atoms with Gasteiger partial charge in [-0.25, -0.2) is 4.98 Å². The third kappa shape index (κ3) is 5.38. The van der Waals surface area contributed by atoms with Gasteiger partial charge in [0.1, 0.15) is 5.01 Å². The van der Waals surface area contributed by atoms with Crippen LogP contribution in [0.3, 0.4) is 0 Å². The number of aromatic nitrogens is 1. The summed E-state index contributed by atoms with van der Waals surface area (Å²) < 4.78 is 4.74. The number of ether oxygens (including phenoxy) is 1. The van der Waals surface area contributed by atoms with Crippen molar-refractivity contribution in [2.45, 2.75) is 18.9 Å². The number of carbonyl (C=O) groups is 2. The number of nitrogens with zero attached hydrogens (tertiary/aromatic N) is 1. The van der Waals surface area contributed by atoms with Gasteiger partial charge in [0.25, 0.3) is 0 Å². The summed E-state index contributed by atoms with van der Waals surface area (Å²) in [5.74, 6) is -0.607. The molecule has 27 heavy (non-hydrogen) atoms. The zero-order chi connectivity index (χ0) is 19.2. The monoisotopic (exact) mass is 420 g/mol. The van der Waals surface area contributed by atoms with Crippen LogP contribution in [0.4, 0.5) is 0 Å². The van der Waals surface area contributed by atoms with Gasteiger partial charge in [0.2, 0.25) is 5.91 Å². The van der Waals surface area contributed by atoms with Gasteiger partial charge < -0.3 is 10.1 Å². The Hall–Kier alpha value is -2.22. The van der Waals surface area contributed by atoms with Gasteiger partial charge in [-0.1, -0.05) is 23.7 Å². The first kappa shape index (κ1) is 19.5. The van der Waals surface area contributed by atoms with Crippen molar-refractivity contribution in [1.82, 2.24) is 10.3 Å². The van der Waals surface area contributed by atoms with E-state index in [2.05, 4.69) is 10.3 Å². The number of esters is 1. The predicted molar refractivity (Wildman–Crippen MR) is 108 cm³/mol. The second kappa shape index (κ2) is 9.12. The SMILES string of the molecule is COC(=O)CC(NC(=O)Cc1csc(-c2ccsc2)n1)c1ccc(Cl)cc1. The molecule has 0 spiro atoms. The van der Waals surface area contributed by atoms with Crippen LogP contribution < -0.4 is 5.32 Å². The van der Waals surface area contributed by atoms with Gasteiger partial charge in [0.05, 0.1) is 31.7 Å². The number of hydrogen-bond acceptors (Lipinski definition) is 6. The molecule has 140 valence electrons. The van der Waals surface area contributed by atoms with E-state index in [1.165, 1.54) is 18.4 Å². The van der Waals surface area contributed by atoms with E-state index in [-0.39, 0.29) is 18.7 Å².